The van der Waals surface area contributed by atoms with E-state index in [1.807, 2.05) is 11.3 Å². The normalized spacial score (nSPS) is 11.7. The summed E-state index contributed by atoms with van der Waals surface area (Å²) in [7, 11) is 0. The molecule has 0 fully saturated rings. The van der Waals surface area contributed by atoms with Crippen LogP contribution in [0.4, 0.5) is 17.1 Å². The SMILES string of the molecule is c1ccc(-c2cc(N(c3ccc(-c4ccc5ccc6ccccc6c5c4)cc3)c3ccc(-c4ccccc4)c4sc5ccccc5c34)c3c(c2)oc2ccccc23)cc1. The molecule has 2 nitrogen and oxygen atoms in total. The number of anilines is 3. The lowest BCUT2D eigenvalue weighted by Gasteiger charge is -2.28. The van der Waals surface area contributed by atoms with Gasteiger partial charge in [-0.05, 0) is 103 Å². The van der Waals surface area contributed by atoms with Crippen molar-refractivity contribution in [3.8, 4) is 33.4 Å². The van der Waals surface area contributed by atoms with Gasteiger partial charge >= 0.3 is 0 Å². The first-order valence-corrected chi connectivity index (χ1v) is 20.9. The summed E-state index contributed by atoms with van der Waals surface area (Å²) in [5, 5.41) is 9.71. The molecule has 276 valence electrons. The molecule has 0 amide bonds. The fourth-order valence-corrected chi connectivity index (χ4v) is 10.3. The lowest BCUT2D eigenvalue weighted by Crippen LogP contribution is -2.11. The zero-order valence-electron chi connectivity index (χ0n) is 32.0. The number of furan rings is 1. The third kappa shape index (κ3) is 5.55. The van der Waals surface area contributed by atoms with Crippen molar-refractivity contribution in [2.24, 2.45) is 0 Å². The van der Waals surface area contributed by atoms with E-state index < -0.39 is 0 Å². The Hall–Kier alpha value is -7.46. The van der Waals surface area contributed by atoms with Gasteiger partial charge in [0.1, 0.15) is 11.2 Å². The highest BCUT2D eigenvalue weighted by atomic mass is 32.1. The second kappa shape index (κ2) is 13.6. The van der Waals surface area contributed by atoms with Gasteiger partial charge in [-0.1, -0.05) is 164 Å². The largest absolute Gasteiger partial charge is 0.456 e. The minimum absolute atomic E-state index is 0.861. The minimum Gasteiger partial charge on any atom is -0.456 e. The Balaban J connectivity index is 1.14. The fourth-order valence-electron chi connectivity index (χ4n) is 9.04. The molecule has 10 aromatic carbocycles. The third-order valence-electron chi connectivity index (χ3n) is 11.8. The van der Waals surface area contributed by atoms with Crippen LogP contribution in [-0.4, -0.2) is 0 Å². The number of hydrogen-bond acceptors (Lipinski definition) is 3. The van der Waals surface area contributed by atoms with Crippen LogP contribution in [0.3, 0.4) is 0 Å². The monoisotopic (exact) mass is 769 g/mol. The lowest BCUT2D eigenvalue weighted by molar-refractivity contribution is 0.669. The average Bonchev–Trinajstić information content (AvgIpc) is 3.89. The molecule has 2 aromatic heterocycles. The topological polar surface area (TPSA) is 16.4 Å². The highest BCUT2D eigenvalue weighted by molar-refractivity contribution is 7.26. The van der Waals surface area contributed by atoms with E-state index in [1.165, 1.54) is 64.0 Å². The van der Waals surface area contributed by atoms with E-state index in [0.717, 1.165) is 50.1 Å². The van der Waals surface area contributed by atoms with E-state index in [1.54, 1.807) is 0 Å². The molecule has 12 aromatic rings. The summed E-state index contributed by atoms with van der Waals surface area (Å²) in [4.78, 5) is 2.48. The highest BCUT2D eigenvalue weighted by Gasteiger charge is 2.25. The molecule has 2 heterocycles. The summed E-state index contributed by atoms with van der Waals surface area (Å²) in [6.07, 6.45) is 0. The van der Waals surface area contributed by atoms with Gasteiger partial charge in [0.05, 0.1) is 16.8 Å². The van der Waals surface area contributed by atoms with Gasteiger partial charge in [0.2, 0.25) is 0 Å². The molecular weight excluding hydrogens is 735 g/mol. The number of benzene rings is 10. The Labute approximate surface area is 345 Å². The van der Waals surface area contributed by atoms with Gasteiger partial charge in [0.25, 0.3) is 0 Å². The quantitative estimate of drug-likeness (QED) is 0.157. The molecule has 0 saturated carbocycles. The molecule has 59 heavy (non-hydrogen) atoms. The summed E-state index contributed by atoms with van der Waals surface area (Å²) in [6.45, 7) is 0. The lowest BCUT2D eigenvalue weighted by atomic mass is 9.96. The van der Waals surface area contributed by atoms with Crippen molar-refractivity contribution in [2.45, 2.75) is 0 Å². The molecule has 0 aliphatic rings. The van der Waals surface area contributed by atoms with Crippen molar-refractivity contribution < 1.29 is 4.42 Å². The van der Waals surface area contributed by atoms with Crippen LogP contribution >= 0.6 is 11.3 Å². The van der Waals surface area contributed by atoms with E-state index in [0.29, 0.717) is 0 Å². The molecule has 0 aliphatic carbocycles. The van der Waals surface area contributed by atoms with Crippen LogP contribution in [0.1, 0.15) is 0 Å². The van der Waals surface area contributed by atoms with Crippen LogP contribution in [0.15, 0.2) is 217 Å². The van der Waals surface area contributed by atoms with Crippen LogP contribution in [0, 0.1) is 0 Å². The minimum atomic E-state index is 0.861. The van der Waals surface area contributed by atoms with E-state index in [4.69, 9.17) is 4.42 Å². The molecular formula is C56H35NOS. The number of rotatable bonds is 6. The molecule has 0 atom stereocenters. The number of thiophene rings is 1. The first-order chi connectivity index (χ1) is 29.2. The number of hydrogen-bond donors (Lipinski definition) is 0. The maximum atomic E-state index is 6.71. The van der Waals surface area contributed by atoms with Crippen LogP contribution in [0.5, 0.6) is 0 Å². The van der Waals surface area contributed by atoms with Crippen LogP contribution in [0.2, 0.25) is 0 Å². The molecule has 0 aliphatic heterocycles. The fraction of sp³-hybridized carbons (Fsp3) is 0. The summed E-state index contributed by atoms with van der Waals surface area (Å²) >= 11 is 1.87. The van der Waals surface area contributed by atoms with E-state index in [-0.39, 0.29) is 0 Å². The van der Waals surface area contributed by atoms with Gasteiger partial charge in [-0.25, -0.2) is 0 Å². The summed E-state index contributed by atoms with van der Waals surface area (Å²) in [5.41, 5.74) is 12.1. The predicted octanol–water partition coefficient (Wildman–Crippen LogP) is 16.7. The zero-order chi connectivity index (χ0) is 38.9. The summed E-state index contributed by atoms with van der Waals surface area (Å²) in [6, 6.07) is 77.0. The molecule has 0 radical (unpaired) electrons. The first-order valence-electron chi connectivity index (χ1n) is 20.1. The molecule has 0 spiro atoms. The van der Waals surface area contributed by atoms with Crippen molar-refractivity contribution in [1.29, 1.82) is 0 Å². The smallest absolute Gasteiger partial charge is 0.138 e. The van der Waals surface area contributed by atoms with Crippen LogP contribution in [0.25, 0.3) is 97.0 Å². The Bertz CT molecular complexity index is 3550. The standard InChI is InChI=1S/C56H35NOS/c1-3-13-36(14-4-1)42-34-50(54-46-19-9-11-21-51(46)58-52(54)35-42)57(49-32-31-45(38-15-5-2-6-16-38)56-55(49)47-20-10-12-22-53(47)59-56)43-29-27-37(28-30-43)41-26-25-40-24-23-39-17-7-8-18-44(39)48(40)33-41/h1-35H. The van der Waals surface area contributed by atoms with Gasteiger partial charge in [-0.2, -0.15) is 0 Å². The predicted molar refractivity (Wildman–Crippen MR) is 253 cm³/mol. The van der Waals surface area contributed by atoms with Gasteiger partial charge < -0.3 is 9.32 Å². The molecule has 0 N–H and O–H groups in total. The zero-order valence-corrected chi connectivity index (χ0v) is 32.8. The van der Waals surface area contributed by atoms with Crippen molar-refractivity contribution >= 4 is 92.1 Å². The molecule has 0 bridgehead atoms. The van der Waals surface area contributed by atoms with Crippen molar-refractivity contribution in [3.05, 3.63) is 212 Å². The Morgan fingerprint density at radius 1 is 0.356 bits per heavy atom. The van der Waals surface area contributed by atoms with Crippen LogP contribution < -0.4 is 4.90 Å². The average molecular weight is 770 g/mol. The van der Waals surface area contributed by atoms with E-state index in [2.05, 4.69) is 217 Å². The maximum Gasteiger partial charge on any atom is 0.138 e. The molecule has 3 heteroatoms. The number of para-hydroxylation sites is 1. The van der Waals surface area contributed by atoms with Crippen molar-refractivity contribution in [2.75, 3.05) is 4.90 Å². The maximum absolute atomic E-state index is 6.71. The Morgan fingerprint density at radius 2 is 0.983 bits per heavy atom. The first kappa shape index (κ1) is 33.7. The van der Waals surface area contributed by atoms with Crippen molar-refractivity contribution in [3.63, 3.8) is 0 Å². The number of nitrogens with zero attached hydrogens (tertiary/aromatic N) is 1. The second-order valence-electron chi connectivity index (χ2n) is 15.2. The molecule has 12 rings (SSSR count). The Kier molecular flexibility index (Phi) is 7.75. The van der Waals surface area contributed by atoms with Crippen molar-refractivity contribution in [1.82, 2.24) is 0 Å². The third-order valence-corrected chi connectivity index (χ3v) is 13.0. The van der Waals surface area contributed by atoms with Gasteiger partial charge in [0, 0.05) is 31.2 Å². The molecule has 0 saturated heterocycles. The Morgan fingerprint density at radius 3 is 1.80 bits per heavy atom. The van der Waals surface area contributed by atoms with Crippen LogP contribution in [-0.2, 0) is 0 Å². The van der Waals surface area contributed by atoms with Gasteiger partial charge in [-0.3, -0.25) is 0 Å². The highest BCUT2D eigenvalue weighted by Crippen LogP contribution is 2.51. The van der Waals surface area contributed by atoms with Gasteiger partial charge in [0.15, 0.2) is 0 Å². The summed E-state index contributed by atoms with van der Waals surface area (Å²) in [5.74, 6) is 0. The molecule has 0 unspecified atom stereocenters. The van der Waals surface area contributed by atoms with E-state index >= 15 is 0 Å². The number of fused-ring (bicyclic) bond motifs is 9. The second-order valence-corrected chi connectivity index (χ2v) is 16.3. The van der Waals surface area contributed by atoms with Gasteiger partial charge in [-0.15, -0.1) is 11.3 Å². The van der Waals surface area contributed by atoms with E-state index in [9.17, 15) is 0 Å². The summed E-state index contributed by atoms with van der Waals surface area (Å²) < 4.78 is 9.25.